The summed E-state index contributed by atoms with van der Waals surface area (Å²) in [5, 5.41) is 3.93. The van der Waals surface area contributed by atoms with Crippen molar-refractivity contribution in [1.82, 2.24) is 5.16 Å². The van der Waals surface area contributed by atoms with E-state index in [4.69, 9.17) is 9.26 Å². The largest absolute Gasteiger partial charge is 0.457 e. The Morgan fingerprint density at radius 1 is 0.833 bits per heavy atom. The van der Waals surface area contributed by atoms with Crippen LogP contribution in [0.2, 0.25) is 0 Å². The van der Waals surface area contributed by atoms with Gasteiger partial charge >= 0.3 is 0 Å². The molecule has 0 fully saturated rings. The zero-order valence-corrected chi connectivity index (χ0v) is 9.61. The minimum atomic E-state index is 0.762. The lowest BCUT2D eigenvalue weighted by molar-refractivity contribution is 0.421. The van der Waals surface area contributed by atoms with Gasteiger partial charge in [-0.05, 0) is 24.3 Å². The predicted molar refractivity (Wildman–Crippen MR) is 68.5 cm³/mol. The van der Waals surface area contributed by atoms with Crippen LogP contribution in [0.15, 0.2) is 71.4 Å². The van der Waals surface area contributed by atoms with E-state index >= 15 is 0 Å². The molecule has 0 spiro atoms. The lowest BCUT2D eigenvalue weighted by Crippen LogP contribution is -1.87. The molecule has 0 atom stereocenters. The highest BCUT2D eigenvalue weighted by atomic mass is 16.5. The SMILES string of the molecule is c1ccc(Oc2ccccc2-c2ccon2)cc1. The molecule has 3 rings (SSSR count). The van der Waals surface area contributed by atoms with Crippen molar-refractivity contribution in [3.8, 4) is 22.8 Å². The lowest BCUT2D eigenvalue weighted by atomic mass is 10.1. The summed E-state index contributed by atoms with van der Waals surface area (Å²) in [6.07, 6.45) is 1.55. The molecule has 1 heterocycles. The molecule has 0 aliphatic carbocycles. The Morgan fingerprint density at radius 3 is 2.39 bits per heavy atom. The van der Waals surface area contributed by atoms with Gasteiger partial charge in [0, 0.05) is 11.6 Å². The first kappa shape index (κ1) is 10.6. The summed E-state index contributed by atoms with van der Waals surface area (Å²) in [5.41, 5.74) is 1.68. The van der Waals surface area contributed by atoms with Crippen LogP contribution in [-0.4, -0.2) is 5.16 Å². The van der Waals surface area contributed by atoms with E-state index in [9.17, 15) is 0 Å². The number of para-hydroxylation sites is 2. The van der Waals surface area contributed by atoms with Gasteiger partial charge in [0.15, 0.2) is 0 Å². The third kappa shape index (κ3) is 2.11. The quantitative estimate of drug-likeness (QED) is 0.686. The first-order valence-electron chi connectivity index (χ1n) is 5.66. The molecule has 2 aromatic carbocycles. The van der Waals surface area contributed by atoms with Crippen molar-refractivity contribution >= 4 is 0 Å². The maximum absolute atomic E-state index is 5.85. The molecule has 0 aliphatic heterocycles. The van der Waals surface area contributed by atoms with Crippen molar-refractivity contribution < 1.29 is 9.26 Å². The van der Waals surface area contributed by atoms with E-state index in [-0.39, 0.29) is 0 Å². The van der Waals surface area contributed by atoms with Crippen LogP contribution < -0.4 is 4.74 Å². The van der Waals surface area contributed by atoms with Gasteiger partial charge in [0.1, 0.15) is 23.5 Å². The highest BCUT2D eigenvalue weighted by molar-refractivity contribution is 5.66. The van der Waals surface area contributed by atoms with E-state index in [2.05, 4.69) is 5.16 Å². The van der Waals surface area contributed by atoms with E-state index in [1.165, 1.54) is 0 Å². The van der Waals surface area contributed by atoms with Crippen LogP contribution >= 0.6 is 0 Å². The molecule has 0 saturated heterocycles. The summed E-state index contributed by atoms with van der Waals surface area (Å²) in [6, 6.07) is 19.2. The number of hydrogen-bond acceptors (Lipinski definition) is 3. The van der Waals surface area contributed by atoms with Gasteiger partial charge in [0.05, 0.1) is 0 Å². The summed E-state index contributed by atoms with van der Waals surface area (Å²) in [5.74, 6) is 1.56. The Balaban J connectivity index is 1.98. The molecule has 0 saturated carbocycles. The van der Waals surface area contributed by atoms with Gasteiger partial charge in [-0.2, -0.15) is 0 Å². The van der Waals surface area contributed by atoms with E-state index in [0.717, 1.165) is 22.8 Å². The molecule has 3 heteroatoms. The molecule has 1 aromatic heterocycles. The van der Waals surface area contributed by atoms with Gasteiger partial charge in [0.2, 0.25) is 0 Å². The summed E-state index contributed by atoms with van der Waals surface area (Å²) in [6.45, 7) is 0. The minimum Gasteiger partial charge on any atom is -0.457 e. The predicted octanol–water partition coefficient (Wildman–Crippen LogP) is 4.13. The minimum absolute atomic E-state index is 0.762. The fourth-order valence-corrected chi connectivity index (χ4v) is 1.73. The Hall–Kier alpha value is -2.55. The number of ether oxygens (including phenoxy) is 1. The fourth-order valence-electron chi connectivity index (χ4n) is 1.73. The first-order valence-corrected chi connectivity index (χ1v) is 5.66. The van der Waals surface area contributed by atoms with Gasteiger partial charge in [-0.25, -0.2) is 0 Å². The molecule has 18 heavy (non-hydrogen) atoms. The van der Waals surface area contributed by atoms with E-state index in [1.807, 2.05) is 60.7 Å². The number of benzene rings is 2. The normalized spacial score (nSPS) is 10.2. The molecule has 88 valence electrons. The Bertz CT molecular complexity index is 618. The molecular weight excluding hydrogens is 226 g/mol. The van der Waals surface area contributed by atoms with Crippen LogP contribution in [0.25, 0.3) is 11.3 Å². The smallest absolute Gasteiger partial charge is 0.136 e. The molecule has 0 bridgehead atoms. The maximum Gasteiger partial charge on any atom is 0.136 e. The number of rotatable bonds is 3. The molecule has 0 amide bonds. The number of nitrogens with zero attached hydrogens (tertiary/aromatic N) is 1. The second-order valence-electron chi connectivity index (χ2n) is 3.80. The van der Waals surface area contributed by atoms with Crippen molar-refractivity contribution in [2.45, 2.75) is 0 Å². The zero-order chi connectivity index (χ0) is 12.2. The van der Waals surface area contributed by atoms with Crippen LogP contribution in [0.4, 0.5) is 0 Å². The Labute approximate surface area is 105 Å². The number of hydrogen-bond donors (Lipinski definition) is 0. The highest BCUT2D eigenvalue weighted by Gasteiger charge is 2.08. The third-order valence-corrected chi connectivity index (χ3v) is 2.57. The van der Waals surface area contributed by atoms with Crippen molar-refractivity contribution in [2.75, 3.05) is 0 Å². The molecule has 0 radical (unpaired) electrons. The molecule has 3 aromatic rings. The van der Waals surface area contributed by atoms with Gasteiger partial charge < -0.3 is 9.26 Å². The monoisotopic (exact) mass is 237 g/mol. The van der Waals surface area contributed by atoms with Crippen LogP contribution in [0.3, 0.4) is 0 Å². The fraction of sp³-hybridized carbons (Fsp3) is 0. The highest BCUT2D eigenvalue weighted by Crippen LogP contribution is 2.31. The Morgan fingerprint density at radius 2 is 1.61 bits per heavy atom. The molecular formula is C15H11NO2. The van der Waals surface area contributed by atoms with Gasteiger partial charge in [0.25, 0.3) is 0 Å². The average Bonchev–Trinajstić information content (AvgIpc) is 2.94. The molecule has 0 aliphatic rings. The van der Waals surface area contributed by atoms with Gasteiger partial charge in [-0.15, -0.1) is 0 Å². The third-order valence-electron chi connectivity index (χ3n) is 2.57. The number of aromatic nitrogens is 1. The van der Waals surface area contributed by atoms with Crippen molar-refractivity contribution in [2.24, 2.45) is 0 Å². The van der Waals surface area contributed by atoms with Crippen molar-refractivity contribution in [1.29, 1.82) is 0 Å². The van der Waals surface area contributed by atoms with Crippen LogP contribution in [0.5, 0.6) is 11.5 Å². The van der Waals surface area contributed by atoms with E-state index < -0.39 is 0 Å². The molecule has 0 N–H and O–H groups in total. The maximum atomic E-state index is 5.85. The summed E-state index contributed by atoms with van der Waals surface area (Å²) in [4.78, 5) is 0. The van der Waals surface area contributed by atoms with E-state index in [1.54, 1.807) is 6.26 Å². The average molecular weight is 237 g/mol. The van der Waals surface area contributed by atoms with Crippen LogP contribution in [0, 0.1) is 0 Å². The second kappa shape index (κ2) is 4.75. The van der Waals surface area contributed by atoms with E-state index in [0.29, 0.717) is 0 Å². The first-order chi connectivity index (χ1) is 8.93. The Kier molecular flexibility index (Phi) is 2.80. The topological polar surface area (TPSA) is 35.3 Å². The van der Waals surface area contributed by atoms with Crippen molar-refractivity contribution in [3.63, 3.8) is 0 Å². The van der Waals surface area contributed by atoms with Gasteiger partial charge in [-0.3, -0.25) is 0 Å². The standard InChI is InChI=1S/C15H11NO2/c1-2-6-12(7-3-1)18-15-9-5-4-8-13(15)14-10-11-17-16-14/h1-11H. The van der Waals surface area contributed by atoms with Crippen LogP contribution in [-0.2, 0) is 0 Å². The molecule has 0 unspecified atom stereocenters. The van der Waals surface area contributed by atoms with Crippen LogP contribution in [0.1, 0.15) is 0 Å². The summed E-state index contributed by atoms with van der Waals surface area (Å²) in [7, 11) is 0. The lowest BCUT2D eigenvalue weighted by Gasteiger charge is -2.08. The zero-order valence-electron chi connectivity index (χ0n) is 9.61. The molecule has 3 nitrogen and oxygen atoms in total. The van der Waals surface area contributed by atoms with Crippen molar-refractivity contribution in [3.05, 3.63) is 66.9 Å². The second-order valence-corrected chi connectivity index (χ2v) is 3.80. The van der Waals surface area contributed by atoms with Gasteiger partial charge in [-0.1, -0.05) is 35.5 Å². The summed E-state index contributed by atoms with van der Waals surface area (Å²) >= 11 is 0. The summed E-state index contributed by atoms with van der Waals surface area (Å²) < 4.78 is 10.7.